The molecular formula is C10H17O3Y-. The molecule has 0 spiro atoms. The molecule has 2 rings (SSSR count). The summed E-state index contributed by atoms with van der Waals surface area (Å²) < 4.78 is 4.53. The Morgan fingerprint density at radius 3 is 1.71 bits per heavy atom. The summed E-state index contributed by atoms with van der Waals surface area (Å²) in [5, 5.41) is 0. The maximum absolute atomic E-state index is 11.0. The van der Waals surface area contributed by atoms with Gasteiger partial charge in [-0.3, -0.25) is 9.59 Å². The molecule has 0 N–H and O–H groups in total. The van der Waals surface area contributed by atoms with Gasteiger partial charge in [0.15, 0.2) is 0 Å². The number of rotatable bonds is 0. The first kappa shape index (κ1) is 16.7. The van der Waals surface area contributed by atoms with Crippen LogP contribution >= 0.6 is 0 Å². The second-order valence-electron chi connectivity index (χ2n) is 3.24. The monoisotopic (exact) mass is 274 g/mol. The summed E-state index contributed by atoms with van der Waals surface area (Å²) in [5.41, 5.74) is 0. The van der Waals surface area contributed by atoms with Crippen molar-refractivity contribution in [2.75, 3.05) is 0 Å². The van der Waals surface area contributed by atoms with Crippen LogP contribution in [-0.4, -0.2) is 11.9 Å². The van der Waals surface area contributed by atoms with E-state index in [1.165, 1.54) is 0 Å². The van der Waals surface area contributed by atoms with E-state index in [1.807, 2.05) is 0 Å². The maximum Gasteiger partial charge on any atom is 0.317 e. The molecule has 2 aliphatic rings. The van der Waals surface area contributed by atoms with Gasteiger partial charge in [0.2, 0.25) is 0 Å². The summed E-state index contributed by atoms with van der Waals surface area (Å²) in [6, 6.07) is 0. The summed E-state index contributed by atoms with van der Waals surface area (Å²) in [5.74, 6) is -0.785. The predicted molar refractivity (Wildman–Crippen MR) is 49.7 cm³/mol. The second kappa shape index (κ2) is 6.68. The third kappa shape index (κ3) is 2.87. The number of fused-ring (bicyclic) bond motifs is 1. The number of cyclic esters (lactones) is 2. The molecule has 4 heteroatoms. The van der Waals surface area contributed by atoms with E-state index in [0.29, 0.717) is 0 Å². The molecule has 1 saturated carbocycles. The standard InChI is InChI=1S/C8H10O3.CH4.CH3.Y/c9-7-5-3-1-2-4-6(5)8(10)11-7;;;/h5-6H,1-4H2;1H4;1H3;/q;;-1;. The average Bonchev–Trinajstić information content (AvgIpc) is 2.30. The Hall–Kier alpha value is 0.244. The van der Waals surface area contributed by atoms with Crippen LogP contribution in [0.25, 0.3) is 0 Å². The Kier molecular flexibility index (Phi) is 7.95. The van der Waals surface area contributed by atoms with Crippen LogP contribution in [0.5, 0.6) is 0 Å². The van der Waals surface area contributed by atoms with Gasteiger partial charge in [0, 0.05) is 32.7 Å². The van der Waals surface area contributed by atoms with Crippen molar-refractivity contribution in [2.45, 2.75) is 33.1 Å². The molecule has 2 atom stereocenters. The van der Waals surface area contributed by atoms with E-state index in [2.05, 4.69) is 4.74 Å². The smallest absolute Gasteiger partial charge is 0.317 e. The fourth-order valence-electron chi connectivity index (χ4n) is 1.95. The number of carbonyl (C=O) groups is 2. The molecule has 1 saturated heterocycles. The van der Waals surface area contributed by atoms with Gasteiger partial charge in [-0.1, -0.05) is 20.3 Å². The van der Waals surface area contributed by atoms with Crippen molar-refractivity contribution in [3.05, 3.63) is 7.43 Å². The van der Waals surface area contributed by atoms with E-state index in [4.69, 9.17) is 0 Å². The molecule has 0 aromatic heterocycles. The van der Waals surface area contributed by atoms with Crippen LogP contribution in [0.2, 0.25) is 0 Å². The van der Waals surface area contributed by atoms with E-state index < -0.39 is 0 Å². The molecule has 1 radical (unpaired) electrons. The first-order valence-corrected chi connectivity index (χ1v) is 4.04. The Morgan fingerprint density at radius 1 is 1.00 bits per heavy atom. The molecule has 0 amide bonds. The summed E-state index contributed by atoms with van der Waals surface area (Å²) >= 11 is 0. The van der Waals surface area contributed by atoms with Crippen molar-refractivity contribution in [2.24, 2.45) is 11.8 Å². The molecule has 0 aromatic rings. The van der Waals surface area contributed by atoms with Gasteiger partial charge in [-0.2, -0.15) is 0 Å². The van der Waals surface area contributed by atoms with Crippen molar-refractivity contribution in [3.8, 4) is 0 Å². The van der Waals surface area contributed by atoms with E-state index in [9.17, 15) is 9.59 Å². The zero-order chi connectivity index (χ0) is 7.84. The molecule has 0 bridgehead atoms. The van der Waals surface area contributed by atoms with Crippen LogP contribution < -0.4 is 0 Å². The van der Waals surface area contributed by atoms with E-state index in [0.717, 1.165) is 25.7 Å². The Morgan fingerprint density at radius 2 is 1.36 bits per heavy atom. The summed E-state index contributed by atoms with van der Waals surface area (Å²) in [7, 11) is 0. The first-order chi connectivity index (χ1) is 5.29. The van der Waals surface area contributed by atoms with Gasteiger partial charge >= 0.3 is 11.9 Å². The largest absolute Gasteiger partial charge is 0.393 e. The van der Waals surface area contributed by atoms with Gasteiger partial charge in [-0.05, 0) is 12.8 Å². The molecule has 1 aliphatic heterocycles. The number of ether oxygens (including phenoxy) is 1. The average molecular weight is 274 g/mol. The third-order valence-corrected chi connectivity index (χ3v) is 2.57. The van der Waals surface area contributed by atoms with E-state index in [-0.39, 0.29) is 71.3 Å². The quantitative estimate of drug-likeness (QED) is 0.385. The first-order valence-electron chi connectivity index (χ1n) is 4.04. The van der Waals surface area contributed by atoms with E-state index in [1.54, 1.807) is 0 Å². The van der Waals surface area contributed by atoms with Crippen LogP contribution in [0.4, 0.5) is 0 Å². The van der Waals surface area contributed by atoms with Gasteiger partial charge in [-0.15, -0.1) is 0 Å². The van der Waals surface area contributed by atoms with Crippen molar-refractivity contribution in [3.63, 3.8) is 0 Å². The molecule has 2 unspecified atom stereocenters. The summed E-state index contributed by atoms with van der Waals surface area (Å²) in [6.45, 7) is 0. The zero-order valence-corrected chi connectivity index (χ0v) is 10.6. The molecule has 0 aromatic carbocycles. The van der Waals surface area contributed by atoms with Crippen molar-refractivity contribution >= 4 is 11.9 Å². The molecule has 2 fully saturated rings. The van der Waals surface area contributed by atoms with Crippen LogP contribution in [-0.2, 0) is 47.0 Å². The minimum Gasteiger partial charge on any atom is -0.393 e. The molecule has 79 valence electrons. The van der Waals surface area contributed by atoms with Gasteiger partial charge in [0.05, 0.1) is 11.8 Å². The minimum absolute atomic E-state index is 0. The van der Waals surface area contributed by atoms with Gasteiger partial charge < -0.3 is 12.2 Å². The number of hydrogen-bond donors (Lipinski definition) is 0. The fraction of sp³-hybridized carbons (Fsp3) is 0.700. The number of carbonyl (C=O) groups excluding carboxylic acids is 2. The SMILES string of the molecule is C.O=C1OC(=O)C2CCCCC12.[CH3-].[Y]. The third-order valence-electron chi connectivity index (χ3n) is 2.57. The van der Waals surface area contributed by atoms with Crippen molar-refractivity contribution in [1.82, 2.24) is 0 Å². The maximum atomic E-state index is 11.0. The Labute approximate surface area is 111 Å². The molecule has 1 aliphatic carbocycles. The molecule has 3 nitrogen and oxygen atoms in total. The molecule has 1 heterocycles. The Balaban J connectivity index is 0. The summed E-state index contributed by atoms with van der Waals surface area (Å²) in [6.07, 6.45) is 3.80. The van der Waals surface area contributed by atoms with Crippen LogP contribution in [0.15, 0.2) is 0 Å². The second-order valence-corrected chi connectivity index (χ2v) is 3.24. The number of hydrogen-bond acceptors (Lipinski definition) is 3. The van der Waals surface area contributed by atoms with Crippen molar-refractivity contribution in [1.29, 1.82) is 0 Å². The molecule has 14 heavy (non-hydrogen) atoms. The minimum atomic E-state index is -0.292. The van der Waals surface area contributed by atoms with Gasteiger partial charge in [-0.25, -0.2) is 0 Å². The van der Waals surface area contributed by atoms with Crippen LogP contribution in [0.1, 0.15) is 33.1 Å². The van der Waals surface area contributed by atoms with Gasteiger partial charge in [0.25, 0.3) is 0 Å². The van der Waals surface area contributed by atoms with E-state index >= 15 is 0 Å². The summed E-state index contributed by atoms with van der Waals surface area (Å²) in [4.78, 5) is 22.0. The number of esters is 2. The van der Waals surface area contributed by atoms with Crippen LogP contribution in [0, 0.1) is 19.3 Å². The zero-order valence-electron chi connectivity index (χ0n) is 7.79. The normalized spacial score (nSPS) is 28.9. The predicted octanol–water partition coefficient (Wildman–Crippen LogP) is 1.96. The van der Waals surface area contributed by atoms with Crippen LogP contribution in [0.3, 0.4) is 0 Å². The topological polar surface area (TPSA) is 43.4 Å². The van der Waals surface area contributed by atoms with Gasteiger partial charge in [0.1, 0.15) is 0 Å². The Bertz CT molecular complexity index is 193. The molecular weight excluding hydrogens is 257 g/mol. The van der Waals surface area contributed by atoms with Crippen molar-refractivity contribution < 1.29 is 47.0 Å². The fourth-order valence-corrected chi connectivity index (χ4v) is 1.95.